The Balaban J connectivity index is 1.58. The summed E-state index contributed by atoms with van der Waals surface area (Å²) in [6.45, 7) is 3.43. The van der Waals surface area contributed by atoms with Crippen LogP contribution in [0.2, 0.25) is 0 Å². The lowest BCUT2D eigenvalue weighted by molar-refractivity contribution is -0.120. The molecule has 2 aromatic heterocycles. The van der Waals surface area contributed by atoms with Gasteiger partial charge in [-0.1, -0.05) is 41.7 Å². The second kappa shape index (κ2) is 11.3. The molecule has 3 heterocycles. The van der Waals surface area contributed by atoms with Crippen molar-refractivity contribution in [3.8, 4) is 11.5 Å². The number of rotatable bonds is 8. The molecule has 0 bridgehead atoms. The van der Waals surface area contributed by atoms with Crippen LogP contribution in [0.1, 0.15) is 29.0 Å². The third-order valence-corrected chi connectivity index (χ3v) is 8.24. The van der Waals surface area contributed by atoms with E-state index in [9.17, 15) is 14.4 Å². The van der Waals surface area contributed by atoms with Gasteiger partial charge in [0, 0.05) is 10.6 Å². The van der Waals surface area contributed by atoms with Crippen molar-refractivity contribution in [2.75, 3.05) is 19.0 Å². The number of aryl methyl sites for hydroxylation is 1. The molecule has 0 aliphatic carbocycles. The average Bonchev–Trinajstić information content (AvgIpc) is 3.56. The van der Waals surface area contributed by atoms with E-state index in [1.165, 1.54) is 29.8 Å². The molecule has 11 heteroatoms. The topological polar surface area (TPSA) is 125 Å². The maximum Gasteiger partial charge on any atom is 0.271 e. The van der Waals surface area contributed by atoms with Gasteiger partial charge in [0.2, 0.25) is 0 Å². The Morgan fingerprint density at radius 3 is 2.62 bits per heavy atom. The molecule has 0 spiro atoms. The fourth-order valence-corrected chi connectivity index (χ4v) is 6.29. The molecule has 3 N–H and O–H groups in total. The number of allylic oxidation sites excluding steroid dienone is 1. The Labute approximate surface area is 237 Å². The molecule has 1 aliphatic heterocycles. The number of thiazole rings is 1. The van der Waals surface area contributed by atoms with Crippen LogP contribution < -0.4 is 35.4 Å². The minimum atomic E-state index is -0.624. The summed E-state index contributed by atoms with van der Waals surface area (Å²) >= 11 is 2.72. The first-order valence-electron chi connectivity index (χ1n) is 12.3. The predicted molar refractivity (Wildman–Crippen MR) is 156 cm³/mol. The second-order valence-electron chi connectivity index (χ2n) is 9.03. The number of aromatic nitrogens is 1. The van der Waals surface area contributed by atoms with Crippen LogP contribution in [0.15, 0.2) is 81.0 Å². The fourth-order valence-electron chi connectivity index (χ4n) is 4.42. The van der Waals surface area contributed by atoms with Crippen LogP contribution in [0.4, 0.5) is 5.69 Å². The van der Waals surface area contributed by atoms with Crippen LogP contribution in [-0.4, -0.2) is 30.1 Å². The van der Waals surface area contributed by atoms with Gasteiger partial charge in [-0.05, 0) is 60.7 Å². The van der Waals surface area contributed by atoms with E-state index in [0.717, 1.165) is 10.4 Å². The van der Waals surface area contributed by atoms with Crippen LogP contribution in [0.25, 0.3) is 6.08 Å². The van der Waals surface area contributed by atoms with Crippen molar-refractivity contribution in [3.63, 3.8) is 0 Å². The van der Waals surface area contributed by atoms with Crippen LogP contribution in [0.5, 0.6) is 11.5 Å². The number of primary amides is 1. The molecule has 2 aromatic carbocycles. The summed E-state index contributed by atoms with van der Waals surface area (Å²) in [6.07, 6.45) is 1.74. The molecule has 4 aromatic rings. The molecule has 204 valence electrons. The number of nitrogens with two attached hydrogens (primary N) is 1. The fraction of sp³-hybridized carbons (Fsp3) is 0.172. The Morgan fingerprint density at radius 1 is 1.12 bits per heavy atom. The summed E-state index contributed by atoms with van der Waals surface area (Å²) in [5.41, 5.74) is 8.21. The van der Waals surface area contributed by atoms with Gasteiger partial charge in [0.25, 0.3) is 17.4 Å². The molecule has 0 radical (unpaired) electrons. The zero-order valence-electron chi connectivity index (χ0n) is 22.0. The van der Waals surface area contributed by atoms with Crippen molar-refractivity contribution in [1.29, 1.82) is 0 Å². The molecule has 0 unspecified atom stereocenters. The highest BCUT2D eigenvalue weighted by atomic mass is 32.1. The molecule has 0 fully saturated rings. The van der Waals surface area contributed by atoms with Gasteiger partial charge in [0.1, 0.15) is 6.04 Å². The molecule has 1 aliphatic rings. The molecular formula is C29H26N4O5S2. The van der Waals surface area contributed by atoms with Gasteiger partial charge in [-0.15, -0.1) is 11.3 Å². The van der Waals surface area contributed by atoms with Gasteiger partial charge in [-0.25, -0.2) is 4.99 Å². The van der Waals surface area contributed by atoms with E-state index in [-0.39, 0.29) is 18.1 Å². The maximum atomic E-state index is 13.8. The number of nitrogens with zero attached hydrogens (tertiary/aromatic N) is 2. The van der Waals surface area contributed by atoms with E-state index in [2.05, 4.69) is 10.3 Å². The van der Waals surface area contributed by atoms with Gasteiger partial charge in [0.05, 0.1) is 22.9 Å². The van der Waals surface area contributed by atoms with Crippen molar-refractivity contribution in [3.05, 3.63) is 107 Å². The summed E-state index contributed by atoms with van der Waals surface area (Å²) in [5.74, 6) is -0.155. The number of amides is 2. The summed E-state index contributed by atoms with van der Waals surface area (Å²) < 4.78 is 12.8. The first-order chi connectivity index (χ1) is 19.3. The first-order valence-corrected chi connectivity index (χ1v) is 14.0. The van der Waals surface area contributed by atoms with Crippen LogP contribution >= 0.6 is 22.7 Å². The number of carbonyl (C=O) groups excluding carboxylic acids is 2. The monoisotopic (exact) mass is 574 g/mol. The van der Waals surface area contributed by atoms with Gasteiger partial charge >= 0.3 is 0 Å². The van der Waals surface area contributed by atoms with Crippen molar-refractivity contribution in [2.24, 2.45) is 10.7 Å². The average molecular weight is 575 g/mol. The summed E-state index contributed by atoms with van der Waals surface area (Å²) in [5, 5.41) is 4.93. The number of para-hydroxylation sites is 1. The number of hydrogen-bond donors (Lipinski definition) is 2. The van der Waals surface area contributed by atoms with Gasteiger partial charge in [-0.2, -0.15) is 0 Å². The second-order valence-corrected chi connectivity index (χ2v) is 11.0. The number of anilines is 1. The summed E-state index contributed by atoms with van der Waals surface area (Å²) in [6, 6.07) is 15.8. The largest absolute Gasteiger partial charge is 0.493 e. The van der Waals surface area contributed by atoms with Gasteiger partial charge in [0.15, 0.2) is 22.9 Å². The highest BCUT2D eigenvalue weighted by Crippen LogP contribution is 2.33. The summed E-state index contributed by atoms with van der Waals surface area (Å²) in [7, 11) is 1.48. The zero-order valence-corrected chi connectivity index (χ0v) is 23.6. The number of fused-ring (bicyclic) bond motifs is 1. The molecule has 9 nitrogen and oxygen atoms in total. The first kappa shape index (κ1) is 27.1. The van der Waals surface area contributed by atoms with Crippen molar-refractivity contribution in [1.82, 2.24) is 4.57 Å². The standard InChI is InChI=1S/C29H26N4O5S2/c1-16-7-4-5-8-19(16)32-27(35)25-17(2)31-29-33(26(25)22-9-6-12-39-22)28(36)23(40-29)14-18-10-11-20(21(13-18)37-3)38-15-24(30)34/h4-14,26H,15H2,1-3H3,(H2,30,34)(H,32,35)/b23-14+/t26-/m0/s1. The maximum absolute atomic E-state index is 13.8. The van der Waals surface area contributed by atoms with E-state index in [1.807, 2.05) is 48.7 Å². The zero-order chi connectivity index (χ0) is 28.4. The number of ether oxygens (including phenoxy) is 2. The molecule has 40 heavy (non-hydrogen) atoms. The Hall–Kier alpha value is -4.48. The van der Waals surface area contributed by atoms with Gasteiger partial charge < -0.3 is 20.5 Å². The number of carbonyl (C=O) groups is 2. The lowest BCUT2D eigenvalue weighted by Crippen LogP contribution is -2.40. The third kappa shape index (κ3) is 5.33. The van der Waals surface area contributed by atoms with E-state index in [1.54, 1.807) is 35.8 Å². The lowest BCUT2D eigenvalue weighted by Gasteiger charge is -2.24. The Morgan fingerprint density at radius 2 is 1.93 bits per heavy atom. The van der Waals surface area contributed by atoms with Crippen molar-refractivity contribution in [2.45, 2.75) is 19.9 Å². The highest BCUT2D eigenvalue weighted by molar-refractivity contribution is 7.10. The number of thiophene rings is 1. The van der Waals surface area contributed by atoms with Crippen molar-refractivity contribution >= 4 is 46.3 Å². The van der Waals surface area contributed by atoms with E-state index in [4.69, 9.17) is 15.2 Å². The molecule has 0 saturated carbocycles. The molecule has 1 atom stereocenters. The number of hydrogen-bond acceptors (Lipinski definition) is 8. The lowest BCUT2D eigenvalue weighted by atomic mass is 10.0. The number of nitrogens with one attached hydrogen (secondary N) is 1. The molecule has 0 saturated heterocycles. The molecule has 5 rings (SSSR count). The van der Waals surface area contributed by atoms with E-state index in [0.29, 0.717) is 43.4 Å². The third-order valence-electron chi connectivity index (χ3n) is 6.33. The van der Waals surface area contributed by atoms with E-state index >= 15 is 0 Å². The van der Waals surface area contributed by atoms with Crippen molar-refractivity contribution < 1.29 is 19.1 Å². The smallest absolute Gasteiger partial charge is 0.271 e. The van der Waals surface area contributed by atoms with Gasteiger partial charge in [-0.3, -0.25) is 19.0 Å². The Kier molecular flexibility index (Phi) is 7.67. The minimum Gasteiger partial charge on any atom is -0.493 e. The number of methoxy groups -OCH3 is 1. The Bertz CT molecular complexity index is 1820. The highest BCUT2D eigenvalue weighted by Gasteiger charge is 2.33. The predicted octanol–water partition coefficient (Wildman–Crippen LogP) is 3.12. The minimum absolute atomic E-state index is 0.260. The molecular weight excluding hydrogens is 548 g/mol. The van der Waals surface area contributed by atoms with Crippen LogP contribution in [-0.2, 0) is 9.59 Å². The van der Waals surface area contributed by atoms with Crippen LogP contribution in [0, 0.1) is 6.92 Å². The van der Waals surface area contributed by atoms with Crippen LogP contribution in [0.3, 0.4) is 0 Å². The SMILES string of the molecule is COc1cc(/C=c2/sc3n(c2=O)[C@@H](c2cccs2)C(C(=O)Nc2ccccc2C)=C(C)N=3)ccc1OCC(N)=O. The van der Waals surface area contributed by atoms with E-state index < -0.39 is 11.9 Å². The molecule has 2 amide bonds. The quantitative estimate of drug-likeness (QED) is 0.335. The summed E-state index contributed by atoms with van der Waals surface area (Å²) in [4.78, 5) is 44.6. The number of benzene rings is 2. The normalized spacial score (nSPS) is 14.9.